The molecule has 1 N–H and O–H groups in total. The molecule has 0 bridgehead atoms. The SMILES string of the molecule is COC(=O)CC(B1OC(C)(C)C(C)(C)O1)c1cc(Cl)cc(Cl)c1O. The number of benzene rings is 1. The molecule has 0 radical (unpaired) electrons. The van der Waals surface area contributed by atoms with Crippen molar-refractivity contribution in [3.05, 3.63) is 27.7 Å². The van der Waals surface area contributed by atoms with Gasteiger partial charge in [-0.2, -0.15) is 0 Å². The van der Waals surface area contributed by atoms with E-state index in [9.17, 15) is 9.90 Å². The quantitative estimate of drug-likeness (QED) is 0.637. The molecule has 1 aromatic carbocycles. The fourth-order valence-corrected chi connectivity index (χ4v) is 3.05. The van der Waals surface area contributed by atoms with E-state index in [0.29, 0.717) is 10.6 Å². The summed E-state index contributed by atoms with van der Waals surface area (Å²) < 4.78 is 16.8. The molecule has 1 unspecified atom stereocenters. The fraction of sp³-hybridized carbons (Fsp3) is 0.562. The van der Waals surface area contributed by atoms with E-state index >= 15 is 0 Å². The van der Waals surface area contributed by atoms with Crippen LogP contribution >= 0.6 is 23.2 Å². The summed E-state index contributed by atoms with van der Waals surface area (Å²) in [5, 5.41) is 10.8. The number of aromatic hydroxyl groups is 1. The van der Waals surface area contributed by atoms with E-state index in [0.717, 1.165) is 0 Å². The Balaban J connectivity index is 2.46. The topological polar surface area (TPSA) is 65.0 Å². The Morgan fingerprint density at radius 3 is 2.29 bits per heavy atom. The molecule has 0 aliphatic carbocycles. The van der Waals surface area contributed by atoms with Gasteiger partial charge in [0.2, 0.25) is 0 Å². The second kappa shape index (κ2) is 6.75. The van der Waals surface area contributed by atoms with Gasteiger partial charge in [0.1, 0.15) is 5.75 Å². The fourth-order valence-electron chi connectivity index (χ4n) is 2.54. The number of halogens is 2. The molecule has 2 rings (SSSR count). The van der Waals surface area contributed by atoms with E-state index in [1.54, 1.807) is 6.07 Å². The minimum atomic E-state index is -0.755. The van der Waals surface area contributed by atoms with Crippen LogP contribution in [0.25, 0.3) is 0 Å². The normalized spacial score (nSPS) is 20.0. The maximum atomic E-state index is 11.9. The molecule has 1 atom stereocenters. The zero-order valence-electron chi connectivity index (χ0n) is 14.4. The number of ether oxygens (including phenoxy) is 1. The van der Waals surface area contributed by atoms with Gasteiger partial charge in [-0.15, -0.1) is 0 Å². The zero-order chi connectivity index (χ0) is 18.3. The van der Waals surface area contributed by atoms with Gasteiger partial charge in [0, 0.05) is 10.8 Å². The Labute approximate surface area is 152 Å². The summed E-state index contributed by atoms with van der Waals surface area (Å²) in [6.45, 7) is 7.64. The number of phenolic OH excluding ortho intramolecular Hbond substituents is 1. The first-order valence-electron chi connectivity index (χ1n) is 7.59. The predicted octanol–water partition coefficient (Wildman–Crippen LogP) is 3.98. The molecule has 0 aromatic heterocycles. The lowest BCUT2D eigenvalue weighted by atomic mass is 9.66. The van der Waals surface area contributed by atoms with Crippen molar-refractivity contribution in [2.75, 3.05) is 7.11 Å². The first kappa shape index (κ1) is 19.4. The number of rotatable bonds is 4. The molecule has 8 heteroatoms. The molecule has 1 fully saturated rings. The smallest absolute Gasteiger partial charge is 0.466 e. The van der Waals surface area contributed by atoms with Crippen molar-refractivity contribution in [1.29, 1.82) is 0 Å². The molecule has 1 aromatic rings. The summed E-state index contributed by atoms with van der Waals surface area (Å²) in [6, 6.07) is 2.99. The minimum absolute atomic E-state index is 0.0441. The molecular weight excluding hydrogens is 354 g/mol. The lowest BCUT2D eigenvalue weighted by Gasteiger charge is -2.32. The van der Waals surface area contributed by atoms with E-state index in [1.165, 1.54) is 13.2 Å². The number of methoxy groups -OCH3 is 1. The molecule has 5 nitrogen and oxygen atoms in total. The van der Waals surface area contributed by atoms with Gasteiger partial charge in [-0.05, 0) is 45.4 Å². The van der Waals surface area contributed by atoms with Crippen molar-refractivity contribution in [1.82, 2.24) is 0 Å². The Bertz CT molecular complexity index is 632. The van der Waals surface area contributed by atoms with Crippen LogP contribution in [0.4, 0.5) is 0 Å². The van der Waals surface area contributed by atoms with Gasteiger partial charge in [0.15, 0.2) is 0 Å². The molecular formula is C16H21BCl2O5. The van der Waals surface area contributed by atoms with E-state index < -0.39 is 30.1 Å². The van der Waals surface area contributed by atoms with Crippen LogP contribution in [0, 0.1) is 0 Å². The molecule has 24 heavy (non-hydrogen) atoms. The van der Waals surface area contributed by atoms with Crippen molar-refractivity contribution in [3.63, 3.8) is 0 Å². The highest BCUT2D eigenvalue weighted by Gasteiger charge is 2.54. The number of carbonyl (C=O) groups excluding carboxylic acids is 1. The van der Waals surface area contributed by atoms with Crippen LogP contribution in [0.15, 0.2) is 12.1 Å². The van der Waals surface area contributed by atoms with Gasteiger partial charge in [-0.3, -0.25) is 4.79 Å². The van der Waals surface area contributed by atoms with Crippen LogP contribution in [-0.2, 0) is 18.8 Å². The summed E-state index contributed by atoms with van der Waals surface area (Å²) >= 11 is 12.1. The zero-order valence-corrected chi connectivity index (χ0v) is 15.9. The lowest BCUT2D eigenvalue weighted by molar-refractivity contribution is -0.140. The van der Waals surface area contributed by atoms with Crippen molar-refractivity contribution in [2.24, 2.45) is 0 Å². The van der Waals surface area contributed by atoms with Crippen LogP contribution in [0.5, 0.6) is 5.75 Å². The maximum absolute atomic E-state index is 11.9. The minimum Gasteiger partial charge on any atom is -0.506 e. The largest absolute Gasteiger partial charge is 0.506 e. The van der Waals surface area contributed by atoms with Crippen LogP contribution in [-0.4, -0.2) is 36.5 Å². The van der Waals surface area contributed by atoms with Crippen molar-refractivity contribution < 1.29 is 23.9 Å². The lowest BCUT2D eigenvalue weighted by Crippen LogP contribution is -2.41. The molecule has 132 valence electrons. The third-order valence-electron chi connectivity index (χ3n) is 4.67. The first-order chi connectivity index (χ1) is 11.0. The summed E-state index contributed by atoms with van der Waals surface area (Å²) in [5.41, 5.74) is -0.773. The average molecular weight is 375 g/mol. The Morgan fingerprint density at radius 1 is 1.25 bits per heavy atom. The standard InChI is InChI=1S/C16H21BCl2O5/c1-15(2)16(3,4)24-17(23-15)11(8-13(20)22-5)10-6-9(18)7-12(19)14(10)21/h6-7,11,21H,8H2,1-5H3. The van der Waals surface area contributed by atoms with E-state index in [1.807, 2.05) is 27.7 Å². The summed E-state index contributed by atoms with van der Waals surface area (Å²) in [7, 11) is 0.545. The van der Waals surface area contributed by atoms with Crippen LogP contribution in [0.1, 0.15) is 45.5 Å². The third-order valence-corrected chi connectivity index (χ3v) is 5.18. The van der Waals surface area contributed by atoms with Gasteiger partial charge in [-0.25, -0.2) is 0 Å². The van der Waals surface area contributed by atoms with E-state index in [2.05, 4.69) is 0 Å². The number of hydrogen-bond donors (Lipinski definition) is 1. The van der Waals surface area contributed by atoms with Crippen LogP contribution in [0.2, 0.25) is 10.0 Å². The number of carbonyl (C=O) groups is 1. The highest BCUT2D eigenvalue weighted by molar-refractivity contribution is 6.48. The van der Waals surface area contributed by atoms with Crippen molar-refractivity contribution in [3.8, 4) is 5.75 Å². The monoisotopic (exact) mass is 374 g/mol. The second-order valence-electron chi connectivity index (χ2n) is 6.84. The predicted molar refractivity (Wildman–Crippen MR) is 93.6 cm³/mol. The van der Waals surface area contributed by atoms with Gasteiger partial charge >= 0.3 is 13.1 Å². The maximum Gasteiger partial charge on any atom is 0.466 e. The number of hydrogen-bond acceptors (Lipinski definition) is 5. The molecule has 0 saturated carbocycles. The second-order valence-corrected chi connectivity index (χ2v) is 7.68. The van der Waals surface area contributed by atoms with Gasteiger partial charge in [0.05, 0.1) is 29.8 Å². The first-order valence-corrected chi connectivity index (χ1v) is 8.34. The third kappa shape index (κ3) is 3.67. The van der Waals surface area contributed by atoms with Gasteiger partial charge < -0.3 is 19.2 Å². The number of phenols is 1. The Hall–Kier alpha value is -0.945. The highest BCUT2D eigenvalue weighted by Crippen LogP contribution is 2.45. The van der Waals surface area contributed by atoms with Crippen molar-refractivity contribution in [2.45, 2.75) is 51.1 Å². The molecule has 1 aliphatic heterocycles. The van der Waals surface area contributed by atoms with Crippen molar-refractivity contribution >= 4 is 36.3 Å². The Morgan fingerprint density at radius 2 is 1.79 bits per heavy atom. The molecule has 1 heterocycles. The van der Waals surface area contributed by atoms with Crippen LogP contribution in [0.3, 0.4) is 0 Å². The summed E-state index contributed by atoms with van der Waals surface area (Å²) in [6.07, 6.45) is -0.0441. The van der Waals surface area contributed by atoms with E-state index in [4.69, 9.17) is 37.2 Å². The molecule has 1 saturated heterocycles. The van der Waals surface area contributed by atoms with E-state index in [-0.39, 0.29) is 17.2 Å². The molecule has 1 aliphatic rings. The highest BCUT2D eigenvalue weighted by atomic mass is 35.5. The average Bonchev–Trinajstić information content (AvgIpc) is 2.68. The van der Waals surface area contributed by atoms with Gasteiger partial charge in [-0.1, -0.05) is 23.2 Å². The summed E-state index contributed by atoms with van der Waals surface area (Å²) in [5.74, 6) is -1.22. The molecule has 0 spiro atoms. The Kier molecular flexibility index (Phi) is 5.45. The van der Waals surface area contributed by atoms with Gasteiger partial charge in [0.25, 0.3) is 0 Å². The number of esters is 1. The molecule has 0 amide bonds. The van der Waals surface area contributed by atoms with Crippen LogP contribution < -0.4 is 0 Å². The summed E-state index contributed by atoms with van der Waals surface area (Å²) in [4.78, 5) is 11.9.